The number of carbonyl (C=O) groups is 1. The van der Waals surface area contributed by atoms with E-state index >= 15 is 0 Å². The fourth-order valence-corrected chi connectivity index (χ4v) is 2.93. The number of hydrogen-bond acceptors (Lipinski definition) is 2. The van der Waals surface area contributed by atoms with Crippen molar-refractivity contribution in [2.75, 3.05) is 0 Å². The van der Waals surface area contributed by atoms with E-state index in [9.17, 15) is 4.79 Å². The summed E-state index contributed by atoms with van der Waals surface area (Å²) in [5, 5.41) is 0. The topological polar surface area (TPSA) is 43.1 Å². The third kappa shape index (κ3) is 0.565. The van der Waals surface area contributed by atoms with Crippen molar-refractivity contribution in [3.8, 4) is 0 Å². The molecule has 2 fully saturated rings. The molecule has 2 nitrogen and oxygen atoms in total. The number of carbonyl (C=O) groups excluding carboxylic acids is 1. The average Bonchev–Trinajstić information content (AvgIpc) is 2.18. The molecule has 0 spiro atoms. The molecular weight excluding hydrogens is 150 g/mol. The maximum atomic E-state index is 11.7. The predicted octanol–water partition coefficient (Wildman–Crippen LogP) is 1.48. The molecule has 0 aliphatic heterocycles. The molecule has 0 radical (unpaired) electrons. The van der Waals surface area contributed by atoms with Crippen LogP contribution in [-0.4, -0.2) is 11.3 Å². The van der Waals surface area contributed by atoms with Crippen LogP contribution in [-0.2, 0) is 4.79 Å². The van der Waals surface area contributed by atoms with Crippen molar-refractivity contribution in [1.82, 2.24) is 0 Å². The quantitative estimate of drug-likeness (QED) is 0.594. The summed E-state index contributed by atoms with van der Waals surface area (Å²) >= 11 is 0. The molecule has 0 aromatic carbocycles. The number of rotatable bonds is 0. The molecule has 0 saturated heterocycles. The summed E-state index contributed by atoms with van der Waals surface area (Å²) in [5.74, 6) is 0.376. The van der Waals surface area contributed by atoms with Gasteiger partial charge in [0, 0.05) is 17.4 Å². The molecule has 2 atom stereocenters. The van der Waals surface area contributed by atoms with Crippen LogP contribution in [0.4, 0.5) is 0 Å². The lowest BCUT2D eigenvalue weighted by atomic mass is 9.69. The van der Waals surface area contributed by atoms with E-state index in [1.807, 2.05) is 0 Å². The zero-order valence-electron chi connectivity index (χ0n) is 8.11. The first-order chi connectivity index (χ1) is 5.33. The highest BCUT2D eigenvalue weighted by molar-refractivity contribution is 5.91. The van der Waals surface area contributed by atoms with Gasteiger partial charge in [0.1, 0.15) is 5.78 Å². The zero-order chi connectivity index (χ0) is 9.20. The standard InChI is InChI=1S/C10H17NO/c1-8(2)9(3)4-5-10(8,11)6-7(9)12/h4-6,11H2,1-3H3/t9-,10+/m0/s1. The highest BCUT2D eigenvalue weighted by atomic mass is 16.1. The highest BCUT2D eigenvalue weighted by Gasteiger charge is 2.68. The van der Waals surface area contributed by atoms with Gasteiger partial charge in [0.25, 0.3) is 0 Å². The van der Waals surface area contributed by atoms with Crippen LogP contribution in [0.15, 0.2) is 0 Å². The Labute approximate surface area is 73.5 Å². The molecule has 0 aromatic rings. The lowest BCUT2D eigenvalue weighted by Gasteiger charge is -2.37. The molecule has 0 amide bonds. The van der Waals surface area contributed by atoms with Crippen molar-refractivity contribution >= 4 is 5.78 Å². The molecule has 12 heavy (non-hydrogen) atoms. The van der Waals surface area contributed by atoms with Crippen LogP contribution in [0.1, 0.15) is 40.0 Å². The first kappa shape index (κ1) is 8.24. The predicted molar refractivity (Wildman–Crippen MR) is 47.7 cm³/mol. The second-order valence-electron chi connectivity index (χ2n) is 5.21. The van der Waals surface area contributed by atoms with Crippen LogP contribution in [0.5, 0.6) is 0 Å². The van der Waals surface area contributed by atoms with Gasteiger partial charge in [0.15, 0.2) is 0 Å². The maximum Gasteiger partial charge on any atom is 0.141 e. The number of Topliss-reactive ketones (excluding diaryl/α,β-unsaturated/α-hetero) is 1. The molecule has 2 aliphatic rings. The van der Waals surface area contributed by atoms with E-state index in [2.05, 4.69) is 20.8 Å². The van der Waals surface area contributed by atoms with Gasteiger partial charge in [0.05, 0.1) is 0 Å². The summed E-state index contributed by atoms with van der Waals surface area (Å²) in [4.78, 5) is 11.7. The number of nitrogens with two attached hydrogens (primary N) is 1. The van der Waals surface area contributed by atoms with E-state index in [1.54, 1.807) is 0 Å². The number of fused-ring (bicyclic) bond motifs is 2. The Balaban J connectivity index is 2.56. The third-order valence-electron chi connectivity index (χ3n) is 4.79. The third-order valence-corrected chi connectivity index (χ3v) is 4.79. The van der Waals surface area contributed by atoms with Gasteiger partial charge in [-0.05, 0) is 18.3 Å². The second-order valence-corrected chi connectivity index (χ2v) is 5.21. The van der Waals surface area contributed by atoms with Crippen molar-refractivity contribution in [1.29, 1.82) is 0 Å². The van der Waals surface area contributed by atoms with E-state index in [0.29, 0.717) is 12.2 Å². The maximum absolute atomic E-state index is 11.7. The summed E-state index contributed by atoms with van der Waals surface area (Å²) < 4.78 is 0. The highest BCUT2D eigenvalue weighted by Crippen LogP contribution is 2.64. The smallest absolute Gasteiger partial charge is 0.141 e. The van der Waals surface area contributed by atoms with Crippen molar-refractivity contribution < 1.29 is 4.79 Å². The van der Waals surface area contributed by atoms with Gasteiger partial charge in [0.2, 0.25) is 0 Å². The summed E-state index contributed by atoms with van der Waals surface area (Å²) in [5.41, 5.74) is 5.88. The Bertz CT molecular complexity index is 259. The van der Waals surface area contributed by atoms with Gasteiger partial charge in [-0.2, -0.15) is 0 Å². The largest absolute Gasteiger partial charge is 0.324 e. The normalized spacial score (nSPS) is 50.2. The molecule has 0 unspecified atom stereocenters. The van der Waals surface area contributed by atoms with Crippen molar-refractivity contribution in [2.24, 2.45) is 16.6 Å². The van der Waals surface area contributed by atoms with Gasteiger partial charge in [-0.3, -0.25) is 4.79 Å². The second kappa shape index (κ2) is 1.77. The first-order valence-electron chi connectivity index (χ1n) is 4.66. The van der Waals surface area contributed by atoms with E-state index in [0.717, 1.165) is 12.8 Å². The van der Waals surface area contributed by atoms with Gasteiger partial charge in [-0.1, -0.05) is 20.8 Å². The minimum atomic E-state index is -0.209. The Morgan fingerprint density at radius 2 is 1.83 bits per heavy atom. The molecule has 0 aromatic heterocycles. The SMILES string of the molecule is CC1(C)[C@@]2(N)CC[C@@]1(C)C(=O)C2. The lowest BCUT2D eigenvalue weighted by Crippen LogP contribution is -2.47. The van der Waals surface area contributed by atoms with Crippen LogP contribution in [0.3, 0.4) is 0 Å². The van der Waals surface area contributed by atoms with Crippen molar-refractivity contribution in [2.45, 2.75) is 45.6 Å². The van der Waals surface area contributed by atoms with E-state index in [4.69, 9.17) is 5.73 Å². The van der Waals surface area contributed by atoms with Gasteiger partial charge < -0.3 is 5.73 Å². The average molecular weight is 167 g/mol. The van der Waals surface area contributed by atoms with Gasteiger partial charge >= 0.3 is 0 Å². The monoisotopic (exact) mass is 167 g/mol. The van der Waals surface area contributed by atoms with E-state index in [-0.39, 0.29) is 16.4 Å². The summed E-state index contributed by atoms with van der Waals surface area (Å²) in [6.45, 7) is 6.37. The Morgan fingerprint density at radius 1 is 1.25 bits per heavy atom. The van der Waals surface area contributed by atoms with Crippen LogP contribution >= 0.6 is 0 Å². The van der Waals surface area contributed by atoms with Crippen molar-refractivity contribution in [3.05, 3.63) is 0 Å². The van der Waals surface area contributed by atoms with Crippen LogP contribution in [0.2, 0.25) is 0 Å². The van der Waals surface area contributed by atoms with Crippen LogP contribution in [0.25, 0.3) is 0 Å². The molecule has 2 rings (SSSR count). The van der Waals surface area contributed by atoms with Gasteiger partial charge in [-0.25, -0.2) is 0 Å². The molecule has 2 bridgehead atoms. The summed E-state index contributed by atoms with van der Waals surface area (Å²) in [7, 11) is 0. The fraction of sp³-hybridized carbons (Fsp3) is 0.900. The number of ketones is 1. The molecule has 68 valence electrons. The molecular formula is C10H17NO. The Kier molecular flexibility index (Phi) is 1.21. The Morgan fingerprint density at radius 3 is 2.00 bits per heavy atom. The van der Waals surface area contributed by atoms with Crippen LogP contribution < -0.4 is 5.73 Å². The van der Waals surface area contributed by atoms with Crippen molar-refractivity contribution in [3.63, 3.8) is 0 Å². The minimum Gasteiger partial charge on any atom is -0.324 e. The van der Waals surface area contributed by atoms with Crippen LogP contribution in [0, 0.1) is 10.8 Å². The summed E-state index contributed by atoms with van der Waals surface area (Å²) in [6, 6.07) is 0. The fourth-order valence-electron chi connectivity index (χ4n) is 2.93. The molecule has 2 saturated carbocycles. The minimum absolute atomic E-state index is 0.00289. The summed E-state index contributed by atoms with van der Waals surface area (Å²) in [6.07, 6.45) is 2.59. The molecule has 2 N–H and O–H groups in total. The first-order valence-corrected chi connectivity index (χ1v) is 4.66. The molecule has 2 heteroatoms. The van der Waals surface area contributed by atoms with E-state index < -0.39 is 0 Å². The molecule has 2 aliphatic carbocycles. The zero-order valence-corrected chi connectivity index (χ0v) is 8.11. The molecule has 0 heterocycles. The lowest BCUT2D eigenvalue weighted by molar-refractivity contribution is -0.128. The van der Waals surface area contributed by atoms with Gasteiger partial charge in [-0.15, -0.1) is 0 Å². The Hall–Kier alpha value is -0.370. The van der Waals surface area contributed by atoms with E-state index in [1.165, 1.54) is 0 Å². The number of hydrogen-bond donors (Lipinski definition) is 1.